The maximum atomic E-state index is 13.1. The average molecular weight is 586 g/mol. The Hall–Kier alpha value is -2.01. The predicted octanol–water partition coefficient (Wildman–Crippen LogP) is 3.80. The van der Waals surface area contributed by atoms with E-state index in [4.69, 9.17) is 4.74 Å². The maximum absolute atomic E-state index is 13.1. The van der Waals surface area contributed by atoms with Crippen molar-refractivity contribution < 1.29 is 22.7 Å². The summed E-state index contributed by atoms with van der Waals surface area (Å²) in [7, 11) is -4.07. The van der Waals surface area contributed by atoms with Gasteiger partial charge in [0.25, 0.3) is 5.91 Å². The van der Waals surface area contributed by atoms with E-state index in [-0.39, 0.29) is 18.8 Å². The molecule has 2 aromatic carbocycles. The van der Waals surface area contributed by atoms with Gasteiger partial charge in [0.2, 0.25) is 10.0 Å². The summed E-state index contributed by atoms with van der Waals surface area (Å²) >= 11 is 6.34. The van der Waals surface area contributed by atoms with Gasteiger partial charge in [0.05, 0.1) is 0 Å². The number of benzene rings is 2. The van der Waals surface area contributed by atoms with Gasteiger partial charge in [0, 0.05) is 6.54 Å². The second-order valence-electron chi connectivity index (χ2n) is 7.41. The Morgan fingerprint density at radius 3 is 2.09 bits per heavy atom. The molecule has 1 aliphatic rings. The van der Waals surface area contributed by atoms with Gasteiger partial charge in [0.1, 0.15) is 12.3 Å². The van der Waals surface area contributed by atoms with Crippen LogP contribution in [-0.4, -0.2) is 33.8 Å². The quantitative estimate of drug-likeness (QED) is 0.220. The number of ether oxygens (including phenoxy) is 1. The van der Waals surface area contributed by atoms with Crippen LogP contribution < -0.4 is 4.72 Å². The minimum atomic E-state index is -4.07. The zero-order valence-electron chi connectivity index (χ0n) is 17.4. The predicted molar refractivity (Wildman–Crippen MR) is 128 cm³/mol. The molecule has 0 bridgehead atoms. The number of alkyl halides is 2. The summed E-state index contributed by atoms with van der Waals surface area (Å²) in [5.74, 6) is -1.39. The Balaban J connectivity index is 1.83. The van der Waals surface area contributed by atoms with Crippen LogP contribution in [-0.2, 0) is 37.5 Å². The van der Waals surface area contributed by atoms with Gasteiger partial charge in [0.15, 0.2) is 8.61 Å². The molecule has 32 heavy (non-hydrogen) atoms. The van der Waals surface area contributed by atoms with Crippen molar-refractivity contribution in [3.63, 3.8) is 0 Å². The van der Waals surface area contributed by atoms with Crippen molar-refractivity contribution in [2.75, 3.05) is 0 Å². The van der Waals surface area contributed by atoms with Gasteiger partial charge in [-0.25, -0.2) is 17.9 Å². The van der Waals surface area contributed by atoms with Crippen molar-refractivity contribution in [2.24, 2.45) is 0 Å². The van der Waals surface area contributed by atoms with Gasteiger partial charge in [-0.2, -0.15) is 0 Å². The highest BCUT2D eigenvalue weighted by atomic mass is 79.9. The molecule has 1 fully saturated rings. The van der Waals surface area contributed by atoms with Gasteiger partial charge in [-0.05, 0) is 30.5 Å². The molecule has 2 aromatic rings. The van der Waals surface area contributed by atoms with E-state index in [1.807, 2.05) is 24.3 Å². The van der Waals surface area contributed by atoms with Gasteiger partial charge in [-0.15, -0.1) is 0 Å². The van der Waals surface area contributed by atoms with E-state index >= 15 is 0 Å². The maximum Gasteiger partial charge on any atom is 0.355 e. The molecule has 0 aliphatic carbocycles. The third-order valence-electron chi connectivity index (χ3n) is 4.78. The highest BCUT2D eigenvalue weighted by Gasteiger charge is 2.66. The summed E-state index contributed by atoms with van der Waals surface area (Å²) in [6.45, 7) is 3.28. The van der Waals surface area contributed by atoms with Crippen LogP contribution in [0.3, 0.4) is 0 Å². The number of rotatable bonds is 8. The first kappa shape index (κ1) is 24.6. The molecule has 1 amide bonds. The van der Waals surface area contributed by atoms with Crippen molar-refractivity contribution in [2.45, 2.75) is 35.6 Å². The number of sulfonamides is 1. The van der Waals surface area contributed by atoms with Gasteiger partial charge in [-0.3, -0.25) is 9.69 Å². The van der Waals surface area contributed by atoms with Crippen molar-refractivity contribution in [3.8, 4) is 0 Å². The highest BCUT2D eigenvalue weighted by molar-refractivity contribution is 9.26. The van der Waals surface area contributed by atoms with Crippen LogP contribution in [0.1, 0.15) is 25.0 Å². The largest absolute Gasteiger partial charge is 0.456 e. The number of β-lactam (4-membered cyclic amide) rings is 1. The Kier molecular flexibility index (Phi) is 7.59. The van der Waals surface area contributed by atoms with Crippen molar-refractivity contribution in [3.05, 3.63) is 83.1 Å². The van der Waals surface area contributed by atoms with Crippen molar-refractivity contribution >= 4 is 53.8 Å². The number of nitrogens with one attached hydrogen (secondary N) is 1. The molecule has 170 valence electrons. The molecule has 1 N–H and O–H groups in total. The lowest BCUT2D eigenvalue weighted by Gasteiger charge is -2.49. The number of carbonyl (C=O) groups is 2. The van der Waals surface area contributed by atoms with Crippen LogP contribution in [0.5, 0.6) is 0 Å². The lowest BCUT2D eigenvalue weighted by Crippen LogP contribution is -2.72. The van der Waals surface area contributed by atoms with Crippen LogP contribution in [0.4, 0.5) is 0 Å². The Morgan fingerprint density at radius 2 is 1.56 bits per heavy atom. The fourth-order valence-electron chi connectivity index (χ4n) is 3.21. The molecule has 0 saturated carbocycles. The van der Waals surface area contributed by atoms with E-state index in [0.29, 0.717) is 5.57 Å². The van der Waals surface area contributed by atoms with Crippen LogP contribution in [0.2, 0.25) is 0 Å². The van der Waals surface area contributed by atoms with Crippen LogP contribution in [0, 0.1) is 0 Å². The summed E-state index contributed by atoms with van der Waals surface area (Å²) in [5, 5.41) is -1.40. The first-order valence-corrected chi connectivity index (χ1v) is 12.8. The molecular formula is C22H22Br2N2O5S. The number of allylic oxidation sites excluding steroid dienone is 1. The molecular weight excluding hydrogens is 564 g/mol. The van der Waals surface area contributed by atoms with Crippen molar-refractivity contribution in [1.82, 2.24) is 9.62 Å². The number of halogens is 2. The minimum Gasteiger partial charge on any atom is -0.456 e. The van der Waals surface area contributed by atoms with E-state index in [9.17, 15) is 18.0 Å². The normalized spacial score (nSPS) is 17.4. The third kappa shape index (κ3) is 5.14. The third-order valence-corrected chi connectivity index (χ3v) is 8.63. The van der Waals surface area contributed by atoms with E-state index in [1.54, 1.807) is 50.2 Å². The zero-order valence-corrected chi connectivity index (χ0v) is 21.4. The first-order valence-electron chi connectivity index (χ1n) is 9.68. The molecule has 1 saturated heterocycles. The fourth-order valence-corrected chi connectivity index (χ4v) is 6.98. The monoisotopic (exact) mass is 584 g/mol. The molecule has 1 heterocycles. The minimum absolute atomic E-state index is 0.00404. The van der Waals surface area contributed by atoms with E-state index < -0.39 is 30.5 Å². The smallest absolute Gasteiger partial charge is 0.355 e. The second kappa shape index (κ2) is 9.86. The molecule has 0 spiro atoms. The molecule has 1 unspecified atom stereocenters. The summed E-state index contributed by atoms with van der Waals surface area (Å²) in [4.78, 5) is 26.7. The molecule has 0 aromatic heterocycles. The lowest BCUT2D eigenvalue weighted by atomic mass is 10.1. The fraction of sp³-hybridized carbons (Fsp3) is 0.273. The summed E-state index contributed by atoms with van der Waals surface area (Å²) in [6.07, 6.45) is 0. The summed E-state index contributed by atoms with van der Waals surface area (Å²) in [5.41, 5.74) is 1.88. The van der Waals surface area contributed by atoms with Crippen LogP contribution in [0.25, 0.3) is 0 Å². The molecule has 3 rings (SSSR count). The SMILES string of the molecule is CC(C)=C(C(=O)OCc1ccccc1)N1C(=O)C(Br)(Br)C1S(=O)(=O)NCc1ccccc1. The van der Waals surface area contributed by atoms with Gasteiger partial charge < -0.3 is 4.74 Å². The summed E-state index contributed by atoms with van der Waals surface area (Å²) in [6, 6.07) is 18.1. The number of hydrogen-bond acceptors (Lipinski definition) is 5. The molecule has 1 aliphatic heterocycles. The van der Waals surface area contributed by atoms with Crippen LogP contribution in [0.15, 0.2) is 71.9 Å². The van der Waals surface area contributed by atoms with E-state index in [1.165, 1.54) is 0 Å². The molecule has 0 radical (unpaired) electrons. The van der Waals surface area contributed by atoms with Gasteiger partial charge in [-0.1, -0.05) is 92.5 Å². The number of carbonyl (C=O) groups excluding carboxylic acids is 2. The number of esters is 1. The molecule has 1 atom stereocenters. The van der Waals surface area contributed by atoms with Crippen molar-refractivity contribution in [1.29, 1.82) is 0 Å². The summed E-state index contributed by atoms with van der Waals surface area (Å²) < 4.78 is 32.6. The van der Waals surface area contributed by atoms with E-state index in [0.717, 1.165) is 16.0 Å². The molecule has 10 heteroatoms. The second-order valence-corrected chi connectivity index (χ2v) is 12.8. The zero-order chi connectivity index (χ0) is 23.5. The Morgan fingerprint density at radius 1 is 1.03 bits per heavy atom. The Bertz CT molecular complexity index is 1130. The van der Waals surface area contributed by atoms with E-state index in [2.05, 4.69) is 36.6 Å². The molecule has 7 nitrogen and oxygen atoms in total. The van der Waals surface area contributed by atoms with Gasteiger partial charge >= 0.3 is 5.97 Å². The lowest BCUT2D eigenvalue weighted by molar-refractivity contribution is -0.150. The standard InChI is InChI=1S/C22H22Br2N2O5S/c1-15(2)18(19(27)31-14-17-11-7-4-8-12-17)26-20(28)22(23,24)21(26)32(29,30)25-13-16-9-5-3-6-10-16/h3-12,21,25H,13-14H2,1-2H3. The average Bonchev–Trinajstić information content (AvgIpc) is 2.76. The number of hydrogen-bond donors (Lipinski definition) is 1. The number of amides is 1. The Labute approximate surface area is 204 Å². The number of likely N-dealkylation sites (tertiary alicyclic amines) is 1. The number of nitrogens with zero attached hydrogens (tertiary/aromatic N) is 1. The van der Waals surface area contributed by atoms with Crippen LogP contribution >= 0.6 is 31.9 Å². The topological polar surface area (TPSA) is 92.8 Å². The first-order chi connectivity index (χ1) is 15.1. The highest BCUT2D eigenvalue weighted by Crippen LogP contribution is 2.49.